The molecule has 10 heteroatoms. The standard InChI is InChI=1S/C23H28ClFN2O5S/c1-12(2)17-9-15(24)10-18(13(3)4)21(17)26-23(28)27-33(29,30)19-8-6-7-16(20(19)25)22-31-11-14(5)32-22/h6-10,12-14,22H,11H2,1-5H3,(H2,26,27,28). The third-order valence-corrected chi connectivity index (χ3v) is 6.82. The third kappa shape index (κ3) is 5.66. The minimum Gasteiger partial charge on any atom is -0.346 e. The Morgan fingerprint density at radius 1 is 1.15 bits per heavy atom. The Kier molecular flexibility index (Phi) is 7.68. The number of halogens is 2. The number of nitrogens with one attached hydrogen (secondary N) is 2. The van der Waals surface area contributed by atoms with E-state index in [1.165, 1.54) is 12.1 Å². The highest BCUT2D eigenvalue weighted by atomic mass is 35.5. The first-order chi connectivity index (χ1) is 15.4. The first kappa shape index (κ1) is 25.4. The fraction of sp³-hybridized carbons (Fsp3) is 0.435. The number of ether oxygens (including phenoxy) is 2. The fourth-order valence-corrected chi connectivity index (χ4v) is 4.87. The Bertz CT molecular complexity index is 1120. The number of hydrogen-bond donors (Lipinski definition) is 2. The van der Waals surface area contributed by atoms with Crippen molar-refractivity contribution in [2.75, 3.05) is 11.9 Å². The lowest BCUT2D eigenvalue weighted by molar-refractivity contribution is -0.0596. The molecule has 1 fully saturated rings. The van der Waals surface area contributed by atoms with Crippen LogP contribution in [0.4, 0.5) is 14.9 Å². The monoisotopic (exact) mass is 498 g/mol. The van der Waals surface area contributed by atoms with E-state index in [-0.39, 0.29) is 30.1 Å². The number of carbonyl (C=O) groups excluding carboxylic acids is 1. The van der Waals surface area contributed by atoms with Crippen molar-refractivity contribution in [3.8, 4) is 0 Å². The van der Waals surface area contributed by atoms with E-state index in [0.717, 1.165) is 17.2 Å². The lowest BCUT2D eigenvalue weighted by atomic mass is 9.92. The van der Waals surface area contributed by atoms with Crippen LogP contribution in [0.1, 0.15) is 69.4 Å². The molecule has 0 saturated carbocycles. The normalized spacial score (nSPS) is 18.7. The number of amides is 2. The van der Waals surface area contributed by atoms with Crippen LogP contribution < -0.4 is 10.0 Å². The van der Waals surface area contributed by atoms with Crippen LogP contribution in [0.5, 0.6) is 0 Å². The summed E-state index contributed by atoms with van der Waals surface area (Å²) in [6.45, 7) is 9.77. The number of benzene rings is 2. The van der Waals surface area contributed by atoms with Crippen molar-refractivity contribution < 1.29 is 27.1 Å². The van der Waals surface area contributed by atoms with Crippen LogP contribution in [0.15, 0.2) is 35.2 Å². The Hall–Kier alpha value is -2.20. The van der Waals surface area contributed by atoms with Gasteiger partial charge in [0.25, 0.3) is 10.0 Å². The van der Waals surface area contributed by atoms with E-state index in [2.05, 4.69) is 5.32 Å². The molecule has 2 aromatic carbocycles. The number of sulfonamides is 1. The molecule has 1 saturated heterocycles. The second-order valence-corrected chi connectivity index (χ2v) is 10.7. The highest BCUT2D eigenvalue weighted by Crippen LogP contribution is 2.36. The van der Waals surface area contributed by atoms with Crippen LogP contribution in [-0.2, 0) is 19.5 Å². The molecular formula is C23H28ClFN2O5S. The SMILES string of the molecule is CC1COC(c2cccc(S(=O)(=O)NC(=O)Nc3c(C(C)C)cc(Cl)cc3C(C)C)c2F)O1. The lowest BCUT2D eigenvalue weighted by Gasteiger charge is -2.21. The second kappa shape index (κ2) is 9.97. The summed E-state index contributed by atoms with van der Waals surface area (Å²) in [6, 6.07) is 6.28. The van der Waals surface area contributed by atoms with E-state index in [1.807, 2.05) is 32.4 Å². The summed E-state index contributed by atoms with van der Waals surface area (Å²) < 4.78 is 53.6. The van der Waals surface area contributed by atoms with Crippen LogP contribution in [0.2, 0.25) is 5.02 Å². The number of carbonyl (C=O) groups is 1. The predicted molar refractivity (Wildman–Crippen MR) is 125 cm³/mol. The molecule has 0 aliphatic carbocycles. The second-order valence-electron chi connectivity index (χ2n) is 8.60. The Morgan fingerprint density at radius 3 is 2.27 bits per heavy atom. The van der Waals surface area contributed by atoms with Crippen molar-refractivity contribution in [3.63, 3.8) is 0 Å². The van der Waals surface area contributed by atoms with Crippen molar-refractivity contribution >= 4 is 33.3 Å². The molecule has 2 unspecified atom stereocenters. The molecule has 33 heavy (non-hydrogen) atoms. The van der Waals surface area contributed by atoms with Gasteiger partial charge < -0.3 is 14.8 Å². The molecule has 0 aromatic heterocycles. The molecule has 180 valence electrons. The average molecular weight is 499 g/mol. The average Bonchev–Trinajstić information content (AvgIpc) is 3.14. The number of hydrogen-bond acceptors (Lipinski definition) is 5. The van der Waals surface area contributed by atoms with Gasteiger partial charge in [0.15, 0.2) is 12.1 Å². The predicted octanol–water partition coefficient (Wildman–Crippen LogP) is 5.67. The molecule has 2 N–H and O–H groups in total. The highest BCUT2D eigenvalue weighted by molar-refractivity contribution is 7.90. The largest absolute Gasteiger partial charge is 0.346 e. The van der Waals surface area contributed by atoms with Crippen molar-refractivity contribution in [3.05, 3.63) is 57.9 Å². The Balaban J connectivity index is 1.89. The number of urea groups is 1. The summed E-state index contributed by atoms with van der Waals surface area (Å²) in [6.07, 6.45) is -1.26. The van der Waals surface area contributed by atoms with Gasteiger partial charge in [-0.25, -0.2) is 22.3 Å². The van der Waals surface area contributed by atoms with E-state index in [1.54, 1.807) is 19.1 Å². The van der Waals surface area contributed by atoms with Crippen LogP contribution in [-0.4, -0.2) is 27.2 Å². The van der Waals surface area contributed by atoms with Crippen LogP contribution in [0.25, 0.3) is 0 Å². The lowest BCUT2D eigenvalue weighted by Crippen LogP contribution is -2.35. The van der Waals surface area contributed by atoms with Gasteiger partial charge in [0, 0.05) is 16.3 Å². The summed E-state index contributed by atoms with van der Waals surface area (Å²) in [5, 5.41) is 3.15. The summed E-state index contributed by atoms with van der Waals surface area (Å²) in [4.78, 5) is 12.1. The molecule has 0 spiro atoms. The number of rotatable bonds is 6. The Morgan fingerprint density at radius 2 is 1.76 bits per heavy atom. The molecule has 7 nitrogen and oxygen atoms in total. The molecule has 0 bridgehead atoms. The Labute approximate surface area is 198 Å². The highest BCUT2D eigenvalue weighted by Gasteiger charge is 2.31. The summed E-state index contributed by atoms with van der Waals surface area (Å²) in [5.41, 5.74) is 1.95. The first-order valence-electron chi connectivity index (χ1n) is 10.6. The first-order valence-corrected chi connectivity index (χ1v) is 12.5. The van der Waals surface area contributed by atoms with Crippen molar-refractivity contribution in [2.45, 2.75) is 63.7 Å². The maximum absolute atomic E-state index is 15.1. The van der Waals surface area contributed by atoms with Crippen LogP contribution >= 0.6 is 11.6 Å². The molecular weight excluding hydrogens is 471 g/mol. The topological polar surface area (TPSA) is 93.7 Å². The molecule has 1 aliphatic heterocycles. The van der Waals surface area contributed by atoms with E-state index in [0.29, 0.717) is 10.7 Å². The van der Waals surface area contributed by atoms with Crippen molar-refractivity contribution in [1.82, 2.24) is 4.72 Å². The van der Waals surface area contributed by atoms with Gasteiger partial charge in [-0.15, -0.1) is 0 Å². The maximum Gasteiger partial charge on any atom is 0.333 e. The molecule has 2 aromatic rings. The molecule has 0 radical (unpaired) electrons. The zero-order valence-corrected chi connectivity index (χ0v) is 20.7. The zero-order chi connectivity index (χ0) is 24.5. The third-order valence-electron chi connectivity index (χ3n) is 5.25. The zero-order valence-electron chi connectivity index (χ0n) is 19.1. The van der Waals surface area contributed by atoms with E-state index >= 15 is 4.39 Å². The molecule has 1 aliphatic rings. The molecule has 2 amide bonds. The molecule has 1 heterocycles. The molecule has 3 rings (SSSR count). The van der Waals surface area contributed by atoms with Gasteiger partial charge in [-0.05, 0) is 48.1 Å². The van der Waals surface area contributed by atoms with Crippen molar-refractivity contribution in [2.24, 2.45) is 0 Å². The summed E-state index contributed by atoms with van der Waals surface area (Å²) >= 11 is 6.24. The fourth-order valence-electron chi connectivity index (χ4n) is 3.61. The minimum absolute atomic E-state index is 0.0102. The van der Waals surface area contributed by atoms with Crippen molar-refractivity contribution in [1.29, 1.82) is 0 Å². The maximum atomic E-state index is 15.1. The van der Waals surface area contributed by atoms with Gasteiger partial charge in [0.1, 0.15) is 4.90 Å². The van der Waals surface area contributed by atoms with Gasteiger partial charge in [-0.2, -0.15) is 0 Å². The van der Waals surface area contributed by atoms with Crippen LogP contribution in [0, 0.1) is 5.82 Å². The minimum atomic E-state index is -4.52. The van der Waals surface area contributed by atoms with Gasteiger partial charge in [-0.3, -0.25) is 0 Å². The van der Waals surface area contributed by atoms with Crippen LogP contribution in [0.3, 0.4) is 0 Å². The van der Waals surface area contributed by atoms with Gasteiger partial charge in [0.2, 0.25) is 0 Å². The van der Waals surface area contributed by atoms with E-state index in [9.17, 15) is 13.2 Å². The summed E-state index contributed by atoms with van der Waals surface area (Å²) in [5.74, 6) is -1.01. The smallest absolute Gasteiger partial charge is 0.333 e. The summed E-state index contributed by atoms with van der Waals surface area (Å²) in [7, 11) is -4.52. The van der Waals surface area contributed by atoms with Gasteiger partial charge in [-0.1, -0.05) is 51.4 Å². The molecule has 2 atom stereocenters. The number of anilines is 1. The van der Waals surface area contributed by atoms with E-state index in [4.69, 9.17) is 21.1 Å². The van der Waals surface area contributed by atoms with E-state index < -0.39 is 33.1 Å². The van der Waals surface area contributed by atoms with Gasteiger partial charge in [0.05, 0.1) is 12.7 Å². The van der Waals surface area contributed by atoms with Gasteiger partial charge >= 0.3 is 6.03 Å². The quantitative estimate of drug-likeness (QED) is 0.535.